The number of benzene rings is 2. The molecule has 2 rings (SSSR count). The van der Waals surface area contributed by atoms with Gasteiger partial charge in [-0.3, -0.25) is 0 Å². The van der Waals surface area contributed by atoms with Crippen LogP contribution < -0.4 is 4.74 Å². The second-order valence-electron chi connectivity index (χ2n) is 6.77. The number of esters is 1. The summed E-state index contributed by atoms with van der Waals surface area (Å²) in [5, 5.41) is 0. The van der Waals surface area contributed by atoms with Crippen LogP contribution in [-0.4, -0.2) is 17.7 Å². The second kappa shape index (κ2) is 10.6. The van der Waals surface area contributed by atoms with Gasteiger partial charge in [0.25, 0.3) is 0 Å². The van der Waals surface area contributed by atoms with Crippen molar-refractivity contribution in [2.75, 3.05) is 0 Å². The molecule has 0 N–H and O–H groups in total. The summed E-state index contributed by atoms with van der Waals surface area (Å²) in [7, 11) is 0. The Bertz CT molecular complexity index is 754. The van der Waals surface area contributed by atoms with Gasteiger partial charge in [0.05, 0.1) is 6.10 Å². The van der Waals surface area contributed by atoms with Crippen molar-refractivity contribution in [3.05, 3.63) is 64.1 Å². The fourth-order valence-electron chi connectivity index (χ4n) is 2.30. The van der Waals surface area contributed by atoms with Crippen LogP contribution in [0.3, 0.4) is 0 Å². The lowest BCUT2D eigenvalue weighted by atomic mass is 10.0. The van der Waals surface area contributed by atoms with Gasteiger partial charge in [-0.25, -0.2) is 4.79 Å². The molecule has 0 aliphatic rings. The second-order valence-corrected chi connectivity index (χ2v) is 9.38. The van der Waals surface area contributed by atoms with Gasteiger partial charge in [0.2, 0.25) is 0 Å². The highest BCUT2D eigenvalue weighted by atomic mass is 79.9. The lowest BCUT2D eigenvalue weighted by molar-refractivity contribution is -0.163. The van der Waals surface area contributed by atoms with Crippen LogP contribution in [0.15, 0.2) is 53.0 Å². The Morgan fingerprint density at radius 3 is 1.79 bits per heavy atom. The van der Waals surface area contributed by atoms with E-state index >= 15 is 0 Å². The minimum atomic E-state index is -1.07. The zero-order chi connectivity index (χ0) is 21.5. The topological polar surface area (TPSA) is 35.5 Å². The molecule has 0 spiro atoms. The molecule has 2 aromatic rings. The van der Waals surface area contributed by atoms with Gasteiger partial charge in [-0.1, -0.05) is 54.0 Å². The molecule has 0 saturated carbocycles. The number of thiol groups is 2. The van der Waals surface area contributed by atoms with Crippen molar-refractivity contribution in [3.63, 3.8) is 0 Å². The maximum atomic E-state index is 12.1. The number of hydrogen-bond acceptors (Lipinski definition) is 5. The molecule has 0 unspecified atom stereocenters. The van der Waals surface area contributed by atoms with E-state index in [1.54, 1.807) is 26.0 Å². The predicted octanol–water partition coefficient (Wildman–Crippen LogP) is 6.65. The summed E-state index contributed by atoms with van der Waals surface area (Å²) in [6.45, 7) is 11.0. The standard InChI is InChI=1S/C20H23BrO3S2.C2H6/c1-13(2)23-18(22)19(3,4)24-17-11-7-15(8-12-17)20(25,26)14-5-9-16(21)10-6-14;1-2/h5-13,25-26H,1-4H3;1-2H3. The maximum absolute atomic E-state index is 12.1. The van der Waals surface area contributed by atoms with Gasteiger partial charge in [0.1, 0.15) is 9.83 Å². The minimum absolute atomic E-state index is 0.187. The van der Waals surface area contributed by atoms with Gasteiger partial charge in [-0.2, -0.15) is 25.3 Å². The van der Waals surface area contributed by atoms with Gasteiger partial charge < -0.3 is 9.47 Å². The first-order valence-electron chi connectivity index (χ1n) is 9.24. The van der Waals surface area contributed by atoms with E-state index in [4.69, 9.17) is 34.7 Å². The largest absolute Gasteiger partial charge is 0.476 e. The summed E-state index contributed by atoms with van der Waals surface area (Å²) >= 11 is 12.9. The predicted molar refractivity (Wildman–Crippen MR) is 127 cm³/mol. The number of carbonyl (C=O) groups excluding carboxylic acids is 1. The van der Waals surface area contributed by atoms with Crippen LogP contribution in [0.1, 0.15) is 52.7 Å². The molecule has 0 fully saturated rings. The number of hydrogen-bond donors (Lipinski definition) is 2. The van der Waals surface area contributed by atoms with E-state index in [0.717, 1.165) is 15.6 Å². The summed E-state index contributed by atoms with van der Waals surface area (Å²) < 4.78 is 11.3. The van der Waals surface area contributed by atoms with E-state index in [0.29, 0.717) is 5.75 Å². The summed E-state index contributed by atoms with van der Waals surface area (Å²) in [4.78, 5) is 12.1. The highest BCUT2D eigenvalue weighted by Gasteiger charge is 2.33. The van der Waals surface area contributed by atoms with Crippen molar-refractivity contribution in [2.24, 2.45) is 0 Å². The van der Waals surface area contributed by atoms with Crippen LogP contribution >= 0.6 is 41.2 Å². The van der Waals surface area contributed by atoms with Crippen molar-refractivity contribution < 1.29 is 14.3 Å². The Hall–Kier alpha value is -1.11. The van der Waals surface area contributed by atoms with Gasteiger partial charge in [-0.15, -0.1) is 0 Å². The summed E-state index contributed by atoms with van der Waals surface area (Å²) in [6, 6.07) is 15.2. The fraction of sp³-hybridized carbons (Fsp3) is 0.409. The van der Waals surface area contributed by atoms with E-state index < -0.39 is 15.6 Å². The van der Waals surface area contributed by atoms with E-state index in [1.807, 2.05) is 64.1 Å². The quantitative estimate of drug-likeness (QED) is 0.273. The van der Waals surface area contributed by atoms with Crippen LogP contribution in [0, 0.1) is 0 Å². The molecule has 0 bridgehead atoms. The highest BCUT2D eigenvalue weighted by Crippen LogP contribution is 2.40. The molecule has 3 nitrogen and oxygen atoms in total. The number of carbonyl (C=O) groups is 1. The zero-order valence-electron chi connectivity index (χ0n) is 17.2. The smallest absolute Gasteiger partial charge is 0.350 e. The Morgan fingerprint density at radius 2 is 1.36 bits per heavy atom. The number of halogens is 1. The zero-order valence-corrected chi connectivity index (χ0v) is 20.6. The molecule has 6 heteroatoms. The highest BCUT2D eigenvalue weighted by molar-refractivity contribution is 9.10. The molecule has 0 aromatic heterocycles. The Morgan fingerprint density at radius 1 is 0.929 bits per heavy atom. The van der Waals surface area contributed by atoms with E-state index in [9.17, 15) is 4.79 Å². The average molecular weight is 486 g/mol. The Balaban J connectivity index is 0.00000190. The van der Waals surface area contributed by atoms with Crippen LogP contribution in [0.2, 0.25) is 0 Å². The molecule has 0 radical (unpaired) electrons. The molecule has 154 valence electrons. The molecule has 0 aliphatic carbocycles. The minimum Gasteiger partial charge on any atom is -0.476 e. The molecule has 28 heavy (non-hydrogen) atoms. The summed E-state index contributed by atoms with van der Waals surface area (Å²) in [5.41, 5.74) is 0.791. The normalized spacial score (nSPS) is 11.5. The molecule has 0 aliphatic heterocycles. The maximum Gasteiger partial charge on any atom is 0.350 e. The van der Waals surface area contributed by atoms with Crippen molar-refractivity contribution in [2.45, 2.75) is 57.3 Å². The Labute approximate surface area is 188 Å². The molecule has 0 heterocycles. The molecular formula is C22H29BrO3S2. The fourth-order valence-corrected chi connectivity index (χ4v) is 3.16. The lowest BCUT2D eigenvalue weighted by Gasteiger charge is -2.27. The van der Waals surface area contributed by atoms with Crippen LogP contribution in [0.5, 0.6) is 5.75 Å². The van der Waals surface area contributed by atoms with Gasteiger partial charge in [-0.05, 0) is 63.1 Å². The first kappa shape index (κ1) is 24.9. The van der Waals surface area contributed by atoms with E-state index in [2.05, 4.69) is 15.9 Å². The SMILES string of the molecule is CC.CC(C)OC(=O)C(C)(C)Oc1ccc(C(S)(S)c2ccc(Br)cc2)cc1. The molecule has 0 atom stereocenters. The summed E-state index contributed by atoms with van der Waals surface area (Å²) in [5.74, 6) is 0.178. The van der Waals surface area contributed by atoms with E-state index in [1.165, 1.54) is 0 Å². The van der Waals surface area contributed by atoms with Crippen LogP contribution in [0.4, 0.5) is 0 Å². The average Bonchev–Trinajstić information content (AvgIpc) is 2.63. The molecule has 0 amide bonds. The van der Waals surface area contributed by atoms with E-state index in [-0.39, 0.29) is 6.10 Å². The third-order valence-corrected chi connectivity index (χ3v) is 5.27. The molecule has 0 saturated heterocycles. The Kier molecular flexibility index (Phi) is 9.44. The van der Waals surface area contributed by atoms with Gasteiger partial charge in [0, 0.05) is 4.47 Å². The number of ether oxygens (including phenoxy) is 2. The first-order chi connectivity index (χ1) is 13.0. The molecule has 2 aromatic carbocycles. The van der Waals surface area contributed by atoms with Crippen LogP contribution in [0.25, 0.3) is 0 Å². The van der Waals surface area contributed by atoms with Gasteiger partial charge in [0.15, 0.2) is 5.60 Å². The van der Waals surface area contributed by atoms with Crippen LogP contribution in [-0.2, 0) is 13.6 Å². The molecular weight excluding hydrogens is 456 g/mol. The van der Waals surface area contributed by atoms with Gasteiger partial charge >= 0.3 is 5.97 Å². The monoisotopic (exact) mass is 484 g/mol. The van der Waals surface area contributed by atoms with Crippen molar-refractivity contribution >= 4 is 47.2 Å². The summed E-state index contributed by atoms with van der Waals surface area (Å²) in [6.07, 6.45) is -0.187. The van der Waals surface area contributed by atoms with Crippen molar-refractivity contribution in [3.8, 4) is 5.75 Å². The number of rotatable bonds is 6. The van der Waals surface area contributed by atoms with Crippen molar-refractivity contribution in [1.82, 2.24) is 0 Å². The third-order valence-electron chi connectivity index (χ3n) is 3.71. The first-order valence-corrected chi connectivity index (χ1v) is 10.9. The van der Waals surface area contributed by atoms with Crippen molar-refractivity contribution in [1.29, 1.82) is 0 Å². The third kappa shape index (κ3) is 6.75. The lowest BCUT2D eigenvalue weighted by Crippen LogP contribution is -2.40.